The molecule has 0 atom stereocenters. The van der Waals surface area contributed by atoms with E-state index in [4.69, 9.17) is 0 Å². The smallest absolute Gasteiger partial charge is 0.319 e. The quantitative estimate of drug-likeness (QED) is 0.859. The second-order valence-electron chi connectivity index (χ2n) is 6.44. The highest BCUT2D eigenvalue weighted by Gasteiger charge is 2.10. The summed E-state index contributed by atoms with van der Waals surface area (Å²) in [6.45, 7) is 3.75. The first-order chi connectivity index (χ1) is 12.2. The monoisotopic (exact) mass is 341 g/mol. The van der Waals surface area contributed by atoms with Crippen LogP contribution in [0.2, 0.25) is 0 Å². The molecular formula is C20H24FN3O. The van der Waals surface area contributed by atoms with Crippen LogP contribution in [-0.4, -0.2) is 24.0 Å². The van der Waals surface area contributed by atoms with Gasteiger partial charge in [0, 0.05) is 13.1 Å². The number of benzene rings is 2. The van der Waals surface area contributed by atoms with E-state index in [-0.39, 0.29) is 5.69 Å². The zero-order chi connectivity index (χ0) is 17.5. The van der Waals surface area contributed by atoms with Crippen molar-refractivity contribution in [2.45, 2.75) is 32.4 Å². The number of piperidine rings is 1. The Kier molecular flexibility index (Phi) is 6.01. The number of rotatable bonds is 5. The molecule has 0 bridgehead atoms. The van der Waals surface area contributed by atoms with E-state index in [1.165, 1.54) is 50.0 Å². The van der Waals surface area contributed by atoms with Crippen molar-refractivity contribution in [2.24, 2.45) is 0 Å². The standard InChI is InChI=1S/C20H24FN3O/c21-18-6-2-3-7-19(18)23-20(25)22-14-16-8-10-17(11-9-16)15-24-12-4-1-5-13-24/h2-3,6-11H,1,4-5,12-15H2,(H2,22,23,25). The third kappa shape index (κ3) is 5.29. The van der Waals surface area contributed by atoms with Gasteiger partial charge in [-0.3, -0.25) is 4.90 Å². The maximum Gasteiger partial charge on any atom is 0.319 e. The number of para-hydroxylation sites is 1. The minimum absolute atomic E-state index is 0.178. The Bertz CT molecular complexity index is 696. The molecule has 0 unspecified atom stereocenters. The van der Waals surface area contributed by atoms with E-state index >= 15 is 0 Å². The molecule has 0 radical (unpaired) electrons. The van der Waals surface area contributed by atoms with Crippen LogP contribution in [-0.2, 0) is 13.1 Å². The van der Waals surface area contributed by atoms with Crippen molar-refractivity contribution >= 4 is 11.7 Å². The molecule has 2 aromatic rings. The van der Waals surface area contributed by atoms with Crippen LogP contribution in [0.25, 0.3) is 0 Å². The van der Waals surface area contributed by atoms with Gasteiger partial charge in [0.05, 0.1) is 5.69 Å². The van der Waals surface area contributed by atoms with Crippen molar-refractivity contribution < 1.29 is 9.18 Å². The molecule has 25 heavy (non-hydrogen) atoms. The Morgan fingerprint density at radius 1 is 0.960 bits per heavy atom. The fourth-order valence-corrected chi connectivity index (χ4v) is 3.05. The van der Waals surface area contributed by atoms with Crippen molar-refractivity contribution in [3.8, 4) is 0 Å². The summed E-state index contributed by atoms with van der Waals surface area (Å²) in [6, 6.07) is 14.0. The maximum atomic E-state index is 13.5. The van der Waals surface area contributed by atoms with E-state index in [9.17, 15) is 9.18 Å². The van der Waals surface area contributed by atoms with Crippen molar-refractivity contribution in [2.75, 3.05) is 18.4 Å². The molecule has 1 fully saturated rings. The number of nitrogens with one attached hydrogen (secondary N) is 2. The summed E-state index contributed by atoms with van der Waals surface area (Å²) in [5.74, 6) is -0.445. The summed E-state index contributed by atoms with van der Waals surface area (Å²) in [6.07, 6.45) is 3.92. The van der Waals surface area contributed by atoms with Gasteiger partial charge in [0.2, 0.25) is 0 Å². The average Bonchev–Trinajstić information content (AvgIpc) is 2.64. The first-order valence-corrected chi connectivity index (χ1v) is 8.80. The number of amides is 2. The molecule has 1 saturated heterocycles. The predicted molar refractivity (Wildman–Crippen MR) is 97.8 cm³/mol. The lowest BCUT2D eigenvalue weighted by molar-refractivity contribution is 0.221. The largest absolute Gasteiger partial charge is 0.334 e. The summed E-state index contributed by atoms with van der Waals surface area (Å²) in [5, 5.41) is 5.26. The zero-order valence-corrected chi connectivity index (χ0v) is 14.3. The highest BCUT2D eigenvalue weighted by Crippen LogP contribution is 2.14. The second-order valence-corrected chi connectivity index (χ2v) is 6.44. The molecule has 5 heteroatoms. The number of carbonyl (C=O) groups is 1. The molecule has 3 rings (SSSR count). The van der Waals surface area contributed by atoms with E-state index in [0.717, 1.165) is 12.1 Å². The molecular weight excluding hydrogens is 317 g/mol. The third-order valence-electron chi connectivity index (χ3n) is 4.45. The van der Waals surface area contributed by atoms with Crippen molar-refractivity contribution in [1.29, 1.82) is 0 Å². The van der Waals surface area contributed by atoms with E-state index in [1.54, 1.807) is 12.1 Å². The molecule has 1 aliphatic heterocycles. The molecule has 0 aliphatic carbocycles. The Labute approximate surface area is 148 Å². The van der Waals surface area contributed by atoms with Gasteiger partial charge in [0.1, 0.15) is 5.82 Å². The molecule has 0 spiro atoms. The number of urea groups is 1. The van der Waals surface area contributed by atoms with Crippen LogP contribution in [0, 0.1) is 5.82 Å². The number of hydrogen-bond acceptors (Lipinski definition) is 2. The Hall–Kier alpha value is -2.40. The number of nitrogens with zero attached hydrogens (tertiary/aromatic N) is 1. The Morgan fingerprint density at radius 3 is 2.36 bits per heavy atom. The molecule has 1 aliphatic rings. The van der Waals surface area contributed by atoms with Crippen LogP contribution in [0.5, 0.6) is 0 Å². The number of halogens is 1. The molecule has 0 saturated carbocycles. The predicted octanol–water partition coefficient (Wildman–Crippen LogP) is 4.13. The highest BCUT2D eigenvalue weighted by molar-refractivity contribution is 5.89. The van der Waals surface area contributed by atoms with Gasteiger partial charge in [-0.15, -0.1) is 0 Å². The number of likely N-dealkylation sites (tertiary alicyclic amines) is 1. The third-order valence-corrected chi connectivity index (χ3v) is 4.45. The molecule has 4 nitrogen and oxygen atoms in total. The lowest BCUT2D eigenvalue weighted by Crippen LogP contribution is -2.29. The SMILES string of the molecule is O=C(NCc1ccc(CN2CCCCC2)cc1)Nc1ccccc1F. The molecule has 0 aromatic heterocycles. The topological polar surface area (TPSA) is 44.4 Å². The lowest BCUT2D eigenvalue weighted by Gasteiger charge is -2.26. The number of hydrogen-bond donors (Lipinski definition) is 2. The molecule has 2 aromatic carbocycles. The molecule has 132 valence electrons. The van der Waals surface area contributed by atoms with Crippen LogP contribution in [0.1, 0.15) is 30.4 Å². The van der Waals surface area contributed by atoms with E-state index in [1.807, 2.05) is 12.1 Å². The van der Waals surface area contributed by atoms with Crippen molar-refractivity contribution in [3.05, 3.63) is 65.5 Å². The Morgan fingerprint density at radius 2 is 1.64 bits per heavy atom. The first kappa shape index (κ1) is 17.4. The fourth-order valence-electron chi connectivity index (χ4n) is 3.05. The van der Waals surface area contributed by atoms with Gasteiger partial charge in [-0.2, -0.15) is 0 Å². The minimum atomic E-state index is -0.445. The van der Waals surface area contributed by atoms with Gasteiger partial charge in [0.15, 0.2) is 0 Å². The van der Waals surface area contributed by atoms with Crippen LogP contribution in [0.4, 0.5) is 14.9 Å². The van der Waals surface area contributed by atoms with Gasteiger partial charge in [-0.25, -0.2) is 9.18 Å². The maximum absolute atomic E-state index is 13.5. The summed E-state index contributed by atoms with van der Waals surface area (Å²) in [5.41, 5.74) is 2.49. The fraction of sp³-hybridized carbons (Fsp3) is 0.350. The summed E-state index contributed by atoms with van der Waals surface area (Å²) >= 11 is 0. The lowest BCUT2D eigenvalue weighted by atomic mass is 10.1. The van der Waals surface area contributed by atoms with Gasteiger partial charge >= 0.3 is 6.03 Å². The van der Waals surface area contributed by atoms with Crippen molar-refractivity contribution in [3.63, 3.8) is 0 Å². The van der Waals surface area contributed by atoms with Crippen LogP contribution in [0.3, 0.4) is 0 Å². The van der Waals surface area contributed by atoms with Gasteiger partial charge in [-0.05, 0) is 49.2 Å². The average molecular weight is 341 g/mol. The number of carbonyl (C=O) groups excluding carboxylic acids is 1. The first-order valence-electron chi connectivity index (χ1n) is 8.80. The van der Waals surface area contributed by atoms with Gasteiger partial charge in [0.25, 0.3) is 0 Å². The highest BCUT2D eigenvalue weighted by atomic mass is 19.1. The Balaban J connectivity index is 1.46. The van der Waals surface area contributed by atoms with E-state index < -0.39 is 11.8 Å². The van der Waals surface area contributed by atoms with E-state index in [2.05, 4.69) is 27.7 Å². The summed E-state index contributed by atoms with van der Waals surface area (Å²) in [7, 11) is 0. The minimum Gasteiger partial charge on any atom is -0.334 e. The number of anilines is 1. The second kappa shape index (κ2) is 8.62. The molecule has 1 heterocycles. The summed E-state index contributed by atoms with van der Waals surface area (Å²) in [4.78, 5) is 14.4. The molecule has 2 amide bonds. The zero-order valence-electron chi connectivity index (χ0n) is 14.3. The van der Waals surface area contributed by atoms with Crippen LogP contribution >= 0.6 is 0 Å². The van der Waals surface area contributed by atoms with Gasteiger partial charge in [-0.1, -0.05) is 42.8 Å². The molecule has 2 N–H and O–H groups in total. The normalized spacial score (nSPS) is 14.9. The van der Waals surface area contributed by atoms with Crippen LogP contribution in [0.15, 0.2) is 48.5 Å². The summed E-state index contributed by atoms with van der Waals surface area (Å²) < 4.78 is 13.5. The van der Waals surface area contributed by atoms with Gasteiger partial charge < -0.3 is 10.6 Å². The van der Waals surface area contributed by atoms with Crippen LogP contribution < -0.4 is 10.6 Å². The van der Waals surface area contributed by atoms with Crippen molar-refractivity contribution in [1.82, 2.24) is 10.2 Å². The van der Waals surface area contributed by atoms with E-state index in [0.29, 0.717) is 6.54 Å².